The van der Waals surface area contributed by atoms with Crippen LogP contribution in [0.5, 0.6) is 0 Å². The topological polar surface area (TPSA) is 73.7 Å². The van der Waals surface area contributed by atoms with E-state index >= 15 is 0 Å². The Morgan fingerprint density at radius 2 is 2.24 bits per heavy atom. The van der Waals surface area contributed by atoms with Crippen molar-refractivity contribution in [1.29, 1.82) is 0 Å². The SMILES string of the molecule is CC1CC(O)CN(c2cccc(C(=O)O)n2)C1. The second kappa shape index (κ2) is 4.71. The van der Waals surface area contributed by atoms with Gasteiger partial charge in [-0.3, -0.25) is 0 Å². The van der Waals surface area contributed by atoms with Gasteiger partial charge in [-0.15, -0.1) is 0 Å². The number of carboxylic acid groups (broad SMARTS) is 1. The van der Waals surface area contributed by atoms with E-state index in [-0.39, 0.29) is 11.8 Å². The van der Waals surface area contributed by atoms with Crippen LogP contribution < -0.4 is 4.90 Å². The minimum atomic E-state index is -1.03. The Kier molecular flexibility index (Phi) is 3.28. The molecule has 17 heavy (non-hydrogen) atoms. The van der Waals surface area contributed by atoms with Gasteiger partial charge in [0, 0.05) is 13.1 Å². The molecular weight excluding hydrogens is 220 g/mol. The molecule has 2 rings (SSSR count). The summed E-state index contributed by atoms with van der Waals surface area (Å²) in [6.45, 7) is 3.38. The largest absolute Gasteiger partial charge is 0.477 e. The van der Waals surface area contributed by atoms with Crippen LogP contribution in [0.3, 0.4) is 0 Å². The van der Waals surface area contributed by atoms with Crippen LogP contribution in [0.4, 0.5) is 5.82 Å². The number of anilines is 1. The molecule has 1 fully saturated rings. The van der Waals surface area contributed by atoms with Gasteiger partial charge in [0.25, 0.3) is 0 Å². The molecule has 1 saturated heterocycles. The van der Waals surface area contributed by atoms with Crippen LogP contribution in [0.15, 0.2) is 18.2 Å². The molecule has 2 atom stereocenters. The molecule has 0 spiro atoms. The molecule has 0 amide bonds. The molecule has 5 nitrogen and oxygen atoms in total. The molecule has 0 bridgehead atoms. The molecule has 92 valence electrons. The second-order valence-corrected chi connectivity index (χ2v) is 4.59. The van der Waals surface area contributed by atoms with Crippen LogP contribution in [-0.4, -0.2) is 40.4 Å². The number of carboxylic acids is 1. The Hall–Kier alpha value is -1.62. The molecule has 2 N–H and O–H groups in total. The molecule has 2 unspecified atom stereocenters. The van der Waals surface area contributed by atoms with Gasteiger partial charge in [-0.25, -0.2) is 9.78 Å². The van der Waals surface area contributed by atoms with Crippen LogP contribution in [0.2, 0.25) is 0 Å². The van der Waals surface area contributed by atoms with Gasteiger partial charge in [0.05, 0.1) is 6.10 Å². The smallest absolute Gasteiger partial charge is 0.354 e. The van der Waals surface area contributed by atoms with E-state index in [1.807, 2.05) is 4.90 Å². The van der Waals surface area contributed by atoms with Gasteiger partial charge in [-0.1, -0.05) is 13.0 Å². The average Bonchev–Trinajstić information content (AvgIpc) is 2.28. The zero-order valence-corrected chi connectivity index (χ0v) is 9.71. The fraction of sp³-hybridized carbons (Fsp3) is 0.500. The van der Waals surface area contributed by atoms with Crippen molar-refractivity contribution >= 4 is 11.8 Å². The minimum absolute atomic E-state index is 0.0372. The number of nitrogens with zero attached hydrogens (tertiary/aromatic N) is 2. The van der Waals surface area contributed by atoms with Crippen molar-refractivity contribution in [3.8, 4) is 0 Å². The number of rotatable bonds is 2. The third-order valence-corrected chi connectivity index (χ3v) is 2.92. The fourth-order valence-electron chi connectivity index (χ4n) is 2.22. The highest BCUT2D eigenvalue weighted by Crippen LogP contribution is 2.21. The number of pyridine rings is 1. The summed E-state index contributed by atoms with van der Waals surface area (Å²) < 4.78 is 0. The van der Waals surface area contributed by atoms with E-state index in [9.17, 15) is 9.90 Å². The lowest BCUT2D eigenvalue weighted by atomic mass is 9.98. The quantitative estimate of drug-likeness (QED) is 0.801. The molecule has 1 aromatic heterocycles. The predicted molar refractivity (Wildman–Crippen MR) is 63.2 cm³/mol. The number of β-amino-alcohol motifs (C(OH)–C–C–N with tert-alkyl or cyclic N) is 1. The minimum Gasteiger partial charge on any atom is -0.477 e. The van der Waals surface area contributed by atoms with Gasteiger partial charge in [0.15, 0.2) is 5.69 Å². The molecule has 0 aliphatic carbocycles. The average molecular weight is 236 g/mol. The van der Waals surface area contributed by atoms with Crippen molar-refractivity contribution in [3.63, 3.8) is 0 Å². The molecule has 0 aromatic carbocycles. The van der Waals surface area contributed by atoms with E-state index in [0.717, 1.165) is 13.0 Å². The first kappa shape index (κ1) is 11.9. The Labute approximate surface area is 99.7 Å². The summed E-state index contributed by atoms with van der Waals surface area (Å²) in [7, 11) is 0. The number of aromatic nitrogens is 1. The van der Waals surface area contributed by atoms with Gasteiger partial charge in [-0.2, -0.15) is 0 Å². The second-order valence-electron chi connectivity index (χ2n) is 4.59. The van der Waals surface area contributed by atoms with E-state index in [4.69, 9.17) is 5.11 Å². The van der Waals surface area contributed by atoms with Crippen molar-refractivity contribution in [2.75, 3.05) is 18.0 Å². The number of carbonyl (C=O) groups is 1. The predicted octanol–water partition coefficient (Wildman–Crippen LogP) is 0.987. The van der Waals surface area contributed by atoms with E-state index in [1.54, 1.807) is 12.1 Å². The van der Waals surface area contributed by atoms with Gasteiger partial charge in [0.1, 0.15) is 5.82 Å². The van der Waals surface area contributed by atoms with Gasteiger partial charge < -0.3 is 15.1 Å². The number of aliphatic hydroxyl groups is 1. The number of aliphatic hydroxyl groups excluding tert-OH is 1. The van der Waals surface area contributed by atoms with Crippen molar-refractivity contribution in [1.82, 2.24) is 4.98 Å². The summed E-state index contributed by atoms with van der Waals surface area (Å²) in [6.07, 6.45) is 0.420. The highest BCUT2D eigenvalue weighted by molar-refractivity contribution is 5.85. The van der Waals surface area contributed by atoms with Gasteiger partial charge in [-0.05, 0) is 24.5 Å². The lowest BCUT2D eigenvalue weighted by Crippen LogP contribution is -2.42. The van der Waals surface area contributed by atoms with Crippen LogP contribution in [0.25, 0.3) is 0 Å². The maximum absolute atomic E-state index is 10.8. The van der Waals surface area contributed by atoms with Crippen LogP contribution in [0, 0.1) is 5.92 Å². The number of hydrogen-bond donors (Lipinski definition) is 2. The summed E-state index contributed by atoms with van der Waals surface area (Å²) in [5.74, 6) is -0.0259. The Balaban J connectivity index is 2.21. The Morgan fingerprint density at radius 1 is 1.47 bits per heavy atom. The molecule has 1 aliphatic rings. The summed E-state index contributed by atoms with van der Waals surface area (Å²) >= 11 is 0. The first-order valence-electron chi connectivity index (χ1n) is 5.69. The third-order valence-electron chi connectivity index (χ3n) is 2.92. The molecule has 0 radical (unpaired) electrons. The molecule has 5 heteroatoms. The normalized spacial score (nSPS) is 24.7. The van der Waals surface area contributed by atoms with E-state index in [2.05, 4.69) is 11.9 Å². The Morgan fingerprint density at radius 3 is 2.88 bits per heavy atom. The molecule has 2 heterocycles. The molecule has 1 aliphatic heterocycles. The zero-order chi connectivity index (χ0) is 12.4. The standard InChI is InChI=1S/C12H16N2O3/c1-8-5-9(15)7-14(6-8)11-4-2-3-10(13-11)12(16)17/h2-4,8-9,15H,5-7H2,1H3,(H,16,17). The van der Waals surface area contributed by atoms with Crippen LogP contribution in [0.1, 0.15) is 23.8 Å². The van der Waals surface area contributed by atoms with Crippen molar-refractivity contribution in [3.05, 3.63) is 23.9 Å². The number of hydrogen-bond acceptors (Lipinski definition) is 4. The van der Waals surface area contributed by atoms with Crippen molar-refractivity contribution < 1.29 is 15.0 Å². The Bertz CT molecular complexity index is 412. The number of piperidine rings is 1. The monoisotopic (exact) mass is 236 g/mol. The van der Waals surface area contributed by atoms with E-state index in [1.165, 1.54) is 6.07 Å². The summed E-state index contributed by atoms with van der Waals surface area (Å²) in [6, 6.07) is 4.92. The zero-order valence-electron chi connectivity index (χ0n) is 9.71. The van der Waals surface area contributed by atoms with Crippen LogP contribution >= 0.6 is 0 Å². The highest BCUT2D eigenvalue weighted by Gasteiger charge is 2.24. The first-order valence-corrected chi connectivity index (χ1v) is 5.69. The summed E-state index contributed by atoms with van der Waals surface area (Å²) in [4.78, 5) is 16.9. The first-order chi connectivity index (χ1) is 8.06. The van der Waals surface area contributed by atoms with Crippen molar-refractivity contribution in [2.24, 2.45) is 5.92 Å². The highest BCUT2D eigenvalue weighted by atomic mass is 16.4. The summed E-state index contributed by atoms with van der Waals surface area (Å²) in [5.41, 5.74) is 0.0372. The maximum atomic E-state index is 10.8. The fourth-order valence-corrected chi connectivity index (χ4v) is 2.22. The molecule has 1 aromatic rings. The van der Waals surface area contributed by atoms with E-state index in [0.29, 0.717) is 18.3 Å². The maximum Gasteiger partial charge on any atom is 0.354 e. The third kappa shape index (κ3) is 2.74. The lowest BCUT2D eigenvalue weighted by Gasteiger charge is -2.35. The van der Waals surface area contributed by atoms with Gasteiger partial charge >= 0.3 is 5.97 Å². The number of aromatic carboxylic acids is 1. The molecular formula is C12H16N2O3. The van der Waals surface area contributed by atoms with Crippen LogP contribution in [-0.2, 0) is 0 Å². The molecule has 0 saturated carbocycles. The van der Waals surface area contributed by atoms with Gasteiger partial charge in [0.2, 0.25) is 0 Å². The van der Waals surface area contributed by atoms with Crippen molar-refractivity contribution in [2.45, 2.75) is 19.4 Å². The van der Waals surface area contributed by atoms with E-state index < -0.39 is 5.97 Å². The lowest BCUT2D eigenvalue weighted by molar-refractivity contribution is 0.0690. The summed E-state index contributed by atoms with van der Waals surface area (Å²) in [5, 5.41) is 18.6.